The summed E-state index contributed by atoms with van der Waals surface area (Å²) in [5.74, 6) is -0.133. The molecular weight excluding hydrogens is 262 g/mol. The highest BCUT2D eigenvalue weighted by molar-refractivity contribution is 6.29. The maximum absolute atomic E-state index is 12.7. The molecule has 1 heterocycles. The van der Waals surface area contributed by atoms with Crippen LogP contribution in [0.25, 0.3) is 10.8 Å². The molecule has 1 aliphatic rings. The van der Waals surface area contributed by atoms with Crippen LogP contribution in [0.3, 0.4) is 0 Å². The molecule has 0 radical (unpaired) electrons. The summed E-state index contributed by atoms with van der Waals surface area (Å²) in [6.45, 7) is 0. The number of para-hydroxylation sites is 1. The molecule has 0 spiro atoms. The predicted molar refractivity (Wildman–Crippen MR) is 85.7 cm³/mol. The van der Waals surface area contributed by atoms with E-state index in [1.165, 1.54) is 0 Å². The second-order valence-electron chi connectivity index (χ2n) is 5.10. The largest absolute Gasteiger partial charge is 0.397 e. The number of rotatable bonds is 1. The summed E-state index contributed by atoms with van der Waals surface area (Å²) in [6.07, 6.45) is 0. The van der Waals surface area contributed by atoms with Gasteiger partial charge in [-0.15, -0.1) is 0 Å². The van der Waals surface area contributed by atoms with Crippen LogP contribution in [0.4, 0.5) is 22.7 Å². The van der Waals surface area contributed by atoms with Gasteiger partial charge in [-0.2, -0.15) is 0 Å². The molecule has 0 bridgehead atoms. The quantitative estimate of drug-likeness (QED) is 0.528. The van der Waals surface area contributed by atoms with E-state index in [9.17, 15) is 4.79 Å². The molecule has 4 rings (SSSR count). The zero-order valence-corrected chi connectivity index (χ0v) is 11.2. The van der Waals surface area contributed by atoms with Crippen molar-refractivity contribution in [2.45, 2.75) is 0 Å². The third kappa shape index (κ3) is 1.59. The van der Waals surface area contributed by atoms with Crippen molar-refractivity contribution in [3.8, 4) is 0 Å². The normalized spacial score (nSPS) is 12.3. The molecule has 4 nitrogen and oxygen atoms in total. The lowest BCUT2D eigenvalue weighted by Crippen LogP contribution is -2.16. The number of amides is 1. The Kier molecular flexibility index (Phi) is 2.24. The molecule has 21 heavy (non-hydrogen) atoms. The molecule has 0 saturated carbocycles. The number of nitrogens with zero attached hydrogens (tertiary/aromatic N) is 1. The minimum Gasteiger partial charge on any atom is -0.397 e. The Labute approximate surface area is 121 Å². The van der Waals surface area contributed by atoms with E-state index in [1.54, 1.807) is 23.1 Å². The Morgan fingerprint density at radius 3 is 2.57 bits per heavy atom. The lowest BCUT2D eigenvalue weighted by Gasteiger charge is -2.07. The molecule has 4 N–H and O–H groups in total. The Balaban J connectivity index is 1.80. The first-order chi connectivity index (χ1) is 10.2. The van der Waals surface area contributed by atoms with Gasteiger partial charge < -0.3 is 11.5 Å². The van der Waals surface area contributed by atoms with Crippen LogP contribution < -0.4 is 16.4 Å². The van der Waals surface area contributed by atoms with Crippen molar-refractivity contribution in [2.75, 3.05) is 16.4 Å². The molecule has 102 valence electrons. The lowest BCUT2D eigenvalue weighted by molar-refractivity contribution is 0.101. The first-order valence-electron chi connectivity index (χ1n) is 6.68. The molecule has 1 aliphatic heterocycles. The van der Waals surface area contributed by atoms with Gasteiger partial charge in [0.1, 0.15) is 0 Å². The summed E-state index contributed by atoms with van der Waals surface area (Å²) in [6, 6.07) is 17.1. The Bertz CT molecular complexity index is 902. The summed E-state index contributed by atoms with van der Waals surface area (Å²) >= 11 is 0. The van der Waals surface area contributed by atoms with Crippen LogP contribution in [-0.2, 0) is 0 Å². The number of anilines is 4. The van der Waals surface area contributed by atoms with E-state index in [-0.39, 0.29) is 5.91 Å². The third-order valence-corrected chi connectivity index (χ3v) is 3.87. The Morgan fingerprint density at radius 2 is 1.71 bits per heavy atom. The second kappa shape index (κ2) is 3.99. The van der Waals surface area contributed by atoms with Gasteiger partial charge in [0.05, 0.1) is 28.3 Å². The molecule has 1 amide bonds. The van der Waals surface area contributed by atoms with Gasteiger partial charge in [0, 0.05) is 5.39 Å². The lowest BCUT2D eigenvalue weighted by atomic mass is 10.1. The van der Waals surface area contributed by atoms with E-state index < -0.39 is 0 Å². The zero-order valence-electron chi connectivity index (χ0n) is 11.2. The number of carbonyl (C=O) groups excluding carboxylic acids is 1. The predicted octanol–water partition coefficient (Wildman–Crippen LogP) is 3.30. The molecular formula is C17H13N3O. The number of hydrogen-bond donors (Lipinski definition) is 2. The van der Waals surface area contributed by atoms with E-state index in [0.29, 0.717) is 16.9 Å². The van der Waals surface area contributed by atoms with Gasteiger partial charge in [0.25, 0.3) is 5.91 Å². The minimum atomic E-state index is -0.133. The molecule has 0 saturated heterocycles. The van der Waals surface area contributed by atoms with Gasteiger partial charge in [-0.25, -0.2) is 0 Å². The van der Waals surface area contributed by atoms with Gasteiger partial charge in [0.2, 0.25) is 0 Å². The van der Waals surface area contributed by atoms with E-state index in [4.69, 9.17) is 11.5 Å². The zero-order chi connectivity index (χ0) is 14.6. The topological polar surface area (TPSA) is 72.1 Å². The van der Waals surface area contributed by atoms with Gasteiger partial charge >= 0.3 is 0 Å². The molecule has 4 heteroatoms. The summed E-state index contributed by atoms with van der Waals surface area (Å²) in [7, 11) is 0. The first kappa shape index (κ1) is 11.8. The van der Waals surface area contributed by atoms with Gasteiger partial charge in [0.15, 0.2) is 0 Å². The number of nitrogen functional groups attached to an aromatic ring is 2. The molecule has 0 atom stereocenters. The van der Waals surface area contributed by atoms with Crippen molar-refractivity contribution >= 4 is 39.4 Å². The van der Waals surface area contributed by atoms with E-state index in [0.717, 1.165) is 22.1 Å². The summed E-state index contributed by atoms with van der Waals surface area (Å²) < 4.78 is 0. The van der Waals surface area contributed by atoms with Crippen LogP contribution in [0.5, 0.6) is 0 Å². The SMILES string of the molecule is Nc1cccc(C(=O)N2c3ccc4ccccc4c32)c1N. The number of hydrogen-bond acceptors (Lipinski definition) is 3. The van der Waals surface area contributed by atoms with Crippen molar-refractivity contribution in [3.63, 3.8) is 0 Å². The van der Waals surface area contributed by atoms with Crippen LogP contribution in [-0.4, -0.2) is 5.91 Å². The standard InChI is InChI=1S/C17H13N3O/c18-13-7-3-6-12(15(13)19)17(21)20-14-9-8-10-4-1-2-5-11(10)16(14)20/h1-9H,18-19H2. The summed E-state index contributed by atoms with van der Waals surface area (Å²) in [5, 5.41) is 2.19. The van der Waals surface area contributed by atoms with Crippen molar-refractivity contribution in [1.82, 2.24) is 0 Å². The highest BCUT2D eigenvalue weighted by Gasteiger charge is 2.38. The van der Waals surface area contributed by atoms with Crippen molar-refractivity contribution < 1.29 is 4.79 Å². The van der Waals surface area contributed by atoms with Crippen molar-refractivity contribution in [1.29, 1.82) is 0 Å². The van der Waals surface area contributed by atoms with Gasteiger partial charge in [-0.05, 0) is 23.6 Å². The number of fused-ring (bicyclic) bond motifs is 3. The van der Waals surface area contributed by atoms with Crippen LogP contribution >= 0.6 is 0 Å². The van der Waals surface area contributed by atoms with Crippen LogP contribution in [0.2, 0.25) is 0 Å². The van der Waals surface area contributed by atoms with Crippen LogP contribution in [0.1, 0.15) is 10.4 Å². The fraction of sp³-hybridized carbons (Fsp3) is 0. The summed E-state index contributed by atoms with van der Waals surface area (Å²) in [5.41, 5.74) is 14.8. The first-order valence-corrected chi connectivity index (χ1v) is 6.68. The molecule has 0 fully saturated rings. The van der Waals surface area contributed by atoms with E-state index in [2.05, 4.69) is 0 Å². The highest BCUT2D eigenvalue weighted by atomic mass is 16.2. The summed E-state index contributed by atoms with van der Waals surface area (Å²) in [4.78, 5) is 14.4. The minimum absolute atomic E-state index is 0.133. The number of nitrogens with two attached hydrogens (primary N) is 2. The van der Waals surface area contributed by atoms with Crippen molar-refractivity contribution in [3.05, 3.63) is 60.2 Å². The number of benzene rings is 3. The van der Waals surface area contributed by atoms with E-state index in [1.807, 2.05) is 36.4 Å². The Hall–Kier alpha value is -3.01. The van der Waals surface area contributed by atoms with Crippen LogP contribution in [0.15, 0.2) is 54.6 Å². The average molecular weight is 275 g/mol. The maximum Gasteiger partial charge on any atom is 0.265 e. The van der Waals surface area contributed by atoms with Gasteiger partial charge in [-0.3, -0.25) is 9.69 Å². The number of carbonyl (C=O) groups is 1. The molecule has 0 aliphatic carbocycles. The molecule has 0 unspecified atom stereocenters. The highest BCUT2D eigenvalue weighted by Crippen LogP contribution is 2.53. The fourth-order valence-corrected chi connectivity index (χ4v) is 2.72. The molecule has 0 aromatic heterocycles. The third-order valence-electron chi connectivity index (χ3n) is 3.87. The second-order valence-corrected chi connectivity index (χ2v) is 5.10. The van der Waals surface area contributed by atoms with Gasteiger partial charge in [-0.1, -0.05) is 36.4 Å². The average Bonchev–Trinajstić information content (AvgIpc) is 3.24. The maximum atomic E-state index is 12.7. The monoisotopic (exact) mass is 275 g/mol. The fourth-order valence-electron chi connectivity index (χ4n) is 2.72. The van der Waals surface area contributed by atoms with E-state index >= 15 is 0 Å². The molecule has 3 aromatic carbocycles. The smallest absolute Gasteiger partial charge is 0.265 e. The Morgan fingerprint density at radius 1 is 0.905 bits per heavy atom. The van der Waals surface area contributed by atoms with Crippen molar-refractivity contribution in [2.24, 2.45) is 0 Å². The van der Waals surface area contributed by atoms with Crippen LogP contribution in [0, 0.1) is 0 Å². The molecule has 3 aromatic rings.